The van der Waals surface area contributed by atoms with Crippen molar-refractivity contribution in [3.8, 4) is 5.69 Å². The summed E-state index contributed by atoms with van der Waals surface area (Å²) in [6, 6.07) is 17.7. The summed E-state index contributed by atoms with van der Waals surface area (Å²) in [6.45, 7) is 0.850. The van der Waals surface area contributed by atoms with Crippen LogP contribution in [0.25, 0.3) is 5.69 Å². The lowest BCUT2D eigenvalue weighted by atomic mass is 9.88. The van der Waals surface area contributed by atoms with Crippen LogP contribution >= 0.6 is 0 Å². The van der Waals surface area contributed by atoms with E-state index < -0.39 is 0 Å². The first-order valence-corrected chi connectivity index (χ1v) is 8.13. The molecular formula is C19H20N4. The summed E-state index contributed by atoms with van der Waals surface area (Å²) in [4.78, 5) is 4.05. The van der Waals surface area contributed by atoms with Gasteiger partial charge in [0.1, 0.15) is 12.7 Å². The second-order valence-corrected chi connectivity index (χ2v) is 6.06. The van der Waals surface area contributed by atoms with Crippen molar-refractivity contribution in [2.75, 3.05) is 0 Å². The molecule has 1 N–H and O–H groups in total. The predicted molar refractivity (Wildman–Crippen MR) is 90.5 cm³/mol. The lowest BCUT2D eigenvalue weighted by Gasteiger charge is -2.26. The van der Waals surface area contributed by atoms with Crippen molar-refractivity contribution in [1.29, 1.82) is 0 Å². The SMILES string of the molecule is c1ccc2c(c1)CCC(NCc1ccccc1-n1cncn1)C2. The van der Waals surface area contributed by atoms with E-state index in [1.54, 1.807) is 12.7 Å². The average Bonchev–Trinajstić information content (AvgIpc) is 3.14. The summed E-state index contributed by atoms with van der Waals surface area (Å²) < 4.78 is 1.83. The Kier molecular flexibility index (Phi) is 3.90. The van der Waals surface area contributed by atoms with Gasteiger partial charge in [-0.2, -0.15) is 5.10 Å². The number of aromatic nitrogens is 3. The Morgan fingerprint density at radius 3 is 2.74 bits per heavy atom. The zero-order valence-corrected chi connectivity index (χ0v) is 13.0. The summed E-state index contributed by atoms with van der Waals surface area (Å²) in [6.07, 6.45) is 6.79. The van der Waals surface area contributed by atoms with E-state index in [2.05, 4.69) is 57.9 Å². The number of fused-ring (bicyclic) bond motifs is 1. The van der Waals surface area contributed by atoms with Crippen molar-refractivity contribution >= 4 is 0 Å². The molecule has 0 spiro atoms. The Hall–Kier alpha value is -2.46. The number of hydrogen-bond donors (Lipinski definition) is 1. The van der Waals surface area contributed by atoms with E-state index in [0.717, 1.165) is 18.7 Å². The molecule has 4 rings (SSSR count). The lowest BCUT2D eigenvalue weighted by Crippen LogP contribution is -2.34. The predicted octanol–water partition coefficient (Wildman–Crippen LogP) is 2.91. The smallest absolute Gasteiger partial charge is 0.138 e. The van der Waals surface area contributed by atoms with Crippen LogP contribution in [-0.2, 0) is 19.4 Å². The summed E-state index contributed by atoms with van der Waals surface area (Å²) in [5.74, 6) is 0. The molecule has 4 nitrogen and oxygen atoms in total. The molecule has 1 aliphatic rings. The molecule has 0 amide bonds. The third-order valence-electron chi connectivity index (χ3n) is 4.59. The Morgan fingerprint density at radius 1 is 1.04 bits per heavy atom. The normalized spacial score (nSPS) is 17.0. The van der Waals surface area contributed by atoms with Gasteiger partial charge in [0, 0.05) is 12.6 Å². The molecule has 1 aliphatic carbocycles. The molecule has 1 heterocycles. The van der Waals surface area contributed by atoms with Crippen LogP contribution in [0.2, 0.25) is 0 Å². The largest absolute Gasteiger partial charge is 0.310 e. The summed E-state index contributed by atoms with van der Waals surface area (Å²) in [5.41, 5.74) is 5.33. The van der Waals surface area contributed by atoms with Gasteiger partial charge in [0.2, 0.25) is 0 Å². The fraction of sp³-hybridized carbons (Fsp3) is 0.263. The number of aryl methyl sites for hydroxylation is 1. The van der Waals surface area contributed by atoms with Crippen molar-refractivity contribution in [3.05, 3.63) is 77.9 Å². The monoisotopic (exact) mass is 304 g/mol. The highest BCUT2D eigenvalue weighted by Crippen LogP contribution is 2.22. The third-order valence-corrected chi connectivity index (χ3v) is 4.59. The number of nitrogens with zero attached hydrogens (tertiary/aromatic N) is 3. The van der Waals surface area contributed by atoms with Gasteiger partial charge in [-0.25, -0.2) is 9.67 Å². The first-order chi connectivity index (χ1) is 11.4. The Morgan fingerprint density at radius 2 is 1.87 bits per heavy atom. The van der Waals surface area contributed by atoms with Crippen molar-refractivity contribution in [2.45, 2.75) is 31.8 Å². The van der Waals surface area contributed by atoms with Gasteiger partial charge in [-0.1, -0.05) is 42.5 Å². The molecule has 0 aliphatic heterocycles. The Balaban J connectivity index is 1.47. The molecule has 1 atom stereocenters. The first-order valence-electron chi connectivity index (χ1n) is 8.13. The van der Waals surface area contributed by atoms with Crippen LogP contribution in [0.15, 0.2) is 61.2 Å². The molecule has 0 bridgehead atoms. The van der Waals surface area contributed by atoms with Gasteiger partial charge in [-0.15, -0.1) is 0 Å². The highest BCUT2D eigenvalue weighted by atomic mass is 15.3. The molecule has 116 valence electrons. The third kappa shape index (κ3) is 3.03. The zero-order chi connectivity index (χ0) is 15.5. The maximum atomic E-state index is 4.25. The van der Waals surface area contributed by atoms with Gasteiger partial charge in [-0.3, -0.25) is 0 Å². The maximum absolute atomic E-state index is 4.25. The van der Waals surface area contributed by atoms with E-state index in [4.69, 9.17) is 0 Å². The van der Waals surface area contributed by atoms with E-state index >= 15 is 0 Å². The quantitative estimate of drug-likeness (QED) is 0.806. The topological polar surface area (TPSA) is 42.7 Å². The zero-order valence-electron chi connectivity index (χ0n) is 13.0. The van der Waals surface area contributed by atoms with Gasteiger partial charge in [0.15, 0.2) is 0 Å². The standard InChI is InChI=1S/C19H20N4/c1-2-6-16-11-18(10-9-15(16)5-1)21-12-17-7-3-4-8-19(17)23-14-20-13-22-23/h1-8,13-14,18,21H,9-12H2. The van der Waals surface area contributed by atoms with Gasteiger partial charge >= 0.3 is 0 Å². The number of hydrogen-bond acceptors (Lipinski definition) is 3. The number of para-hydroxylation sites is 1. The molecule has 0 saturated carbocycles. The number of benzene rings is 2. The van der Waals surface area contributed by atoms with E-state index in [1.165, 1.54) is 29.5 Å². The van der Waals surface area contributed by atoms with Gasteiger partial charge in [0.25, 0.3) is 0 Å². The fourth-order valence-electron chi connectivity index (χ4n) is 3.34. The first kappa shape index (κ1) is 14.2. The van der Waals surface area contributed by atoms with E-state index in [-0.39, 0.29) is 0 Å². The average molecular weight is 304 g/mol. The molecule has 23 heavy (non-hydrogen) atoms. The summed E-state index contributed by atoms with van der Waals surface area (Å²) in [7, 11) is 0. The van der Waals surface area contributed by atoms with Gasteiger partial charge < -0.3 is 5.32 Å². The molecule has 0 saturated heterocycles. The lowest BCUT2D eigenvalue weighted by molar-refractivity contribution is 0.457. The van der Waals surface area contributed by atoms with E-state index in [0.29, 0.717) is 6.04 Å². The second kappa shape index (κ2) is 6.34. The van der Waals surface area contributed by atoms with Gasteiger partial charge in [0.05, 0.1) is 5.69 Å². The van der Waals surface area contributed by atoms with Crippen LogP contribution < -0.4 is 5.32 Å². The highest BCUT2D eigenvalue weighted by molar-refractivity contribution is 5.40. The van der Waals surface area contributed by atoms with Crippen molar-refractivity contribution in [1.82, 2.24) is 20.1 Å². The second-order valence-electron chi connectivity index (χ2n) is 6.06. The van der Waals surface area contributed by atoms with E-state index in [1.807, 2.05) is 10.7 Å². The number of rotatable bonds is 4. The maximum Gasteiger partial charge on any atom is 0.138 e. The minimum absolute atomic E-state index is 0.536. The molecule has 0 radical (unpaired) electrons. The van der Waals surface area contributed by atoms with Crippen molar-refractivity contribution in [2.24, 2.45) is 0 Å². The molecule has 1 aromatic heterocycles. The van der Waals surface area contributed by atoms with E-state index in [9.17, 15) is 0 Å². The minimum atomic E-state index is 0.536. The van der Waals surface area contributed by atoms with Crippen LogP contribution in [0.5, 0.6) is 0 Å². The van der Waals surface area contributed by atoms with Gasteiger partial charge in [-0.05, 0) is 42.0 Å². The molecular weight excluding hydrogens is 284 g/mol. The van der Waals surface area contributed by atoms with Crippen LogP contribution in [0.3, 0.4) is 0 Å². The Labute approximate surface area is 136 Å². The summed E-state index contributed by atoms with van der Waals surface area (Å²) in [5, 5.41) is 7.97. The Bertz CT molecular complexity index is 780. The number of nitrogens with one attached hydrogen (secondary N) is 1. The molecule has 3 aromatic rings. The summed E-state index contributed by atoms with van der Waals surface area (Å²) >= 11 is 0. The fourth-order valence-corrected chi connectivity index (χ4v) is 3.34. The van der Waals surface area contributed by atoms with Crippen LogP contribution in [0.1, 0.15) is 23.1 Å². The molecule has 1 unspecified atom stereocenters. The van der Waals surface area contributed by atoms with Crippen LogP contribution in [0, 0.1) is 0 Å². The molecule has 4 heteroatoms. The van der Waals surface area contributed by atoms with Crippen LogP contribution in [0.4, 0.5) is 0 Å². The molecule has 2 aromatic carbocycles. The van der Waals surface area contributed by atoms with Crippen molar-refractivity contribution in [3.63, 3.8) is 0 Å². The molecule has 0 fully saturated rings. The van der Waals surface area contributed by atoms with Crippen LogP contribution in [-0.4, -0.2) is 20.8 Å². The minimum Gasteiger partial charge on any atom is -0.310 e. The highest BCUT2D eigenvalue weighted by Gasteiger charge is 2.18. The van der Waals surface area contributed by atoms with Crippen molar-refractivity contribution < 1.29 is 0 Å².